The van der Waals surface area contributed by atoms with E-state index >= 15 is 0 Å². The summed E-state index contributed by atoms with van der Waals surface area (Å²) < 4.78 is 26.8. The van der Waals surface area contributed by atoms with Crippen LogP contribution in [-0.2, 0) is 0 Å². The molecule has 0 spiro atoms. The van der Waals surface area contributed by atoms with Crippen molar-refractivity contribution in [2.45, 2.75) is 25.2 Å². The van der Waals surface area contributed by atoms with Crippen LogP contribution in [0.25, 0.3) is 0 Å². The molecule has 3 heteroatoms. The van der Waals surface area contributed by atoms with Crippen molar-refractivity contribution >= 4 is 11.6 Å². The monoisotopic (exact) mass is 204 g/mol. The van der Waals surface area contributed by atoms with Gasteiger partial charge in [0.25, 0.3) is 5.92 Å². The largest absolute Gasteiger partial charge is 0.274 e. The minimum atomic E-state index is -2.74. The zero-order valence-corrected chi connectivity index (χ0v) is 7.90. The molecule has 0 radical (unpaired) electrons. The van der Waals surface area contributed by atoms with Gasteiger partial charge in [-0.1, -0.05) is 24.1 Å². The minimum Gasteiger partial charge on any atom is -0.201 e. The SMILES string of the molecule is FC1(F)C=CC=C(Cl)C1C1CCC1. The maximum atomic E-state index is 13.4. The summed E-state index contributed by atoms with van der Waals surface area (Å²) in [6.45, 7) is 0. The van der Waals surface area contributed by atoms with Gasteiger partial charge in [0.1, 0.15) is 0 Å². The Morgan fingerprint density at radius 2 is 2.08 bits per heavy atom. The van der Waals surface area contributed by atoms with Gasteiger partial charge in [-0.2, -0.15) is 0 Å². The molecule has 1 atom stereocenters. The lowest BCUT2D eigenvalue weighted by molar-refractivity contribution is -0.0325. The quantitative estimate of drug-likeness (QED) is 0.611. The fourth-order valence-electron chi connectivity index (χ4n) is 1.97. The van der Waals surface area contributed by atoms with Crippen molar-refractivity contribution in [3.05, 3.63) is 23.3 Å². The summed E-state index contributed by atoms with van der Waals surface area (Å²) in [6.07, 6.45) is 6.72. The molecule has 0 aromatic rings. The second-order valence-corrected chi connectivity index (χ2v) is 4.19. The molecule has 1 unspecified atom stereocenters. The molecule has 0 bridgehead atoms. The molecular weight excluding hydrogens is 194 g/mol. The van der Waals surface area contributed by atoms with E-state index in [1.807, 2.05) is 0 Å². The summed E-state index contributed by atoms with van der Waals surface area (Å²) in [6, 6.07) is 0. The Hall–Kier alpha value is -0.370. The summed E-state index contributed by atoms with van der Waals surface area (Å²) in [4.78, 5) is 0. The van der Waals surface area contributed by atoms with Crippen molar-refractivity contribution in [3.63, 3.8) is 0 Å². The number of hydrogen-bond donors (Lipinski definition) is 0. The lowest BCUT2D eigenvalue weighted by atomic mass is 9.72. The number of rotatable bonds is 1. The van der Waals surface area contributed by atoms with Gasteiger partial charge in [-0.15, -0.1) is 0 Å². The van der Waals surface area contributed by atoms with Crippen LogP contribution in [0.5, 0.6) is 0 Å². The number of halogens is 3. The van der Waals surface area contributed by atoms with E-state index in [-0.39, 0.29) is 5.92 Å². The molecule has 0 heterocycles. The third-order valence-electron chi connectivity index (χ3n) is 2.91. The van der Waals surface area contributed by atoms with Crippen LogP contribution in [0.4, 0.5) is 8.78 Å². The lowest BCUT2D eigenvalue weighted by Gasteiger charge is -2.38. The van der Waals surface area contributed by atoms with E-state index in [2.05, 4.69) is 0 Å². The van der Waals surface area contributed by atoms with E-state index in [1.165, 1.54) is 6.08 Å². The summed E-state index contributed by atoms with van der Waals surface area (Å²) in [5, 5.41) is 0.317. The zero-order chi connectivity index (χ0) is 9.47. The Balaban J connectivity index is 2.22. The van der Waals surface area contributed by atoms with Crippen LogP contribution in [0.1, 0.15) is 19.3 Å². The summed E-state index contributed by atoms with van der Waals surface area (Å²) in [5.74, 6) is -3.41. The molecule has 0 aromatic carbocycles. The molecule has 0 amide bonds. The van der Waals surface area contributed by atoms with Gasteiger partial charge in [-0.25, -0.2) is 8.78 Å². The normalized spacial score (nSPS) is 32.5. The Bertz CT molecular complexity index is 264. The van der Waals surface area contributed by atoms with Crippen molar-refractivity contribution in [2.75, 3.05) is 0 Å². The molecule has 1 fully saturated rings. The van der Waals surface area contributed by atoms with Gasteiger partial charge in [0, 0.05) is 5.03 Å². The molecule has 1 saturated carbocycles. The Morgan fingerprint density at radius 3 is 2.54 bits per heavy atom. The Morgan fingerprint density at radius 1 is 1.38 bits per heavy atom. The van der Waals surface area contributed by atoms with E-state index < -0.39 is 11.8 Å². The fraction of sp³-hybridized carbons (Fsp3) is 0.600. The van der Waals surface area contributed by atoms with Gasteiger partial charge < -0.3 is 0 Å². The van der Waals surface area contributed by atoms with Crippen LogP contribution in [0.15, 0.2) is 23.3 Å². The van der Waals surface area contributed by atoms with E-state index in [1.54, 1.807) is 6.08 Å². The van der Waals surface area contributed by atoms with Crippen molar-refractivity contribution in [3.8, 4) is 0 Å². The zero-order valence-electron chi connectivity index (χ0n) is 7.14. The first-order chi connectivity index (χ1) is 6.11. The molecule has 13 heavy (non-hydrogen) atoms. The molecule has 2 aliphatic rings. The number of allylic oxidation sites excluding steroid dienone is 4. The first kappa shape index (κ1) is 9.20. The van der Waals surface area contributed by atoms with Gasteiger partial charge in [0.15, 0.2) is 0 Å². The second kappa shape index (κ2) is 3.09. The average molecular weight is 205 g/mol. The van der Waals surface area contributed by atoms with E-state index in [0.29, 0.717) is 5.03 Å². The van der Waals surface area contributed by atoms with E-state index in [0.717, 1.165) is 25.3 Å². The fourth-order valence-corrected chi connectivity index (χ4v) is 2.37. The van der Waals surface area contributed by atoms with E-state index in [4.69, 9.17) is 11.6 Å². The average Bonchev–Trinajstić information content (AvgIpc) is 1.92. The predicted molar refractivity (Wildman–Crippen MR) is 48.9 cm³/mol. The van der Waals surface area contributed by atoms with Gasteiger partial charge in [0.05, 0.1) is 5.92 Å². The van der Waals surface area contributed by atoms with Crippen LogP contribution >= 0.6 is 11.6 Å². The molecule has 2 aliphatic carbocycles. The molecule has 0 N–H and O–H groups in total. The summed E-state index contributed by atoms with van der Waals surface area (Å²) in [5.41, 5.74) is 0. The molecule has 72 valence electrons. The maximum Gasteiger partial charge on any atom is 0.274 e. The van der Waals surface area contributed by atoms with Crippen LogP contribution in [0, 0.1) is 11.8 Å². The minimum absolute atomic E-state index is 0.0868. The molecule has 0 nitrogen and oxygen atoms in total. The van der Waals surface area contributed by atoms with Crippen LogP contribution in [-0.4, -0.2) is 5.92 Å². The smallest absolute Gasteiger partial charge is 0.201 e. The van der Waals surface area contributed by atoms with Gasteiger partial charge in [-0.3, -0.25) is 0 Å². The Labute approximate surface area is 81.3 Å². The van der Waals surface area contributed by atoms with Crippen LogP contribution in [0.2, 0.25) is 0 Å². The standard InChI is InChI=1S/C10H11ClF2/c11-8-5-2-6-10(12,13)9(8)7-3-1-4-7/h2,5-7,9H,1,3-4H2. The van der Waals surface area contributed by atoms with Crippen LogP contribution in [0.3, 0.4) is 0 Å². The topological polar surface area (TPSA) is 0 Å². The van der Waals surface area contributed by atoms with Crippen molar-refractivity contribution in [1.29, 1.82) is 0 Å². The maximum absolute atomic E-state index is 13.4. The Kier molecular flexibility index (Phi) is 2.18. The van der Waals surface area contributed by atoms with Crippen molar-refractivity contribution in [1.82, 2.24) is 0 Å². The van der Waals surface area contributed by atoms with E-state index in [9.17, 15) is 8.78 Å². The number of alkyl halides is 2. The first-order valence-electron chi connectivity index (χ1n) is 4.54. The molecule has 0 saturated heterocycles. The van der Waals surface area contributed by atoms with Crippen molar-refractivity contribution < 1.29 is 8.78 Å². The molecule has 0 aliphatic heterocycles. The van der Waals surface area contributed by atoms with Crippen molar-refractivity contribution in [2.24, 2.45) is 11.8 Å². The highest BCUT2D eigenvalue weighted by molar-refractivity contribution is 6.30. The third-order valence-corrected chi connectivity index (χ3v) is 3.27. The highest BCUT2D eigenvalue weighted by Crippen LogP contribution is 2.48. The summed E-state index contributed by atoms with van der Waals surface area (Å²) in [7, 11) is 0. The third kappa shape index (κ3) is 1.52. The van der Waals surface area contributed by atoms with Gasteiger partial charge in [0.2, 0.25) is 0 Å². The number of hydrogen-bond acceptors (Lipinski definition) is 0. The molecule has 2 rings (SSSR count). The predicted octanol–water partition coefficient (Wildman–Crippen LogP) is 3.73. The molecular formula is C10H11ClF2. The van der Waals surface area contributed by atoms with Gasteiger partial charge >= 0.3 is 0 Å². The van der Waals surface area contributed by atoms with Crippen LogP contribution < -0.4 is 0 Å². The summed E-state index contributed by atoms with van der Waals surface area (Å²) >= 11 is 5.80. The lowest BCUT2D eigenvalue weighted by Crippen LogP contribution is -2.37. The highest BCUT2D eigenvalue weighted by Gasteiger charge is 2.46. The van der Waals surface area contributed by atoms with Gasteiger partial charge in [-0.05, 0) is 30.9 Å². The second-order valence-electron chi connectivity index (χ2n) is 3.75. The first-order valence-corrected chi connectivity index (χ1v) is 4.92. The highest BCUT2D eigenvalue weighted by atomic mass is 35.5. The molecule has 0 aromatic heterocycles.